The van der Waals surface area contributed by atoms with Crippen molar-refractivity contribution >= 4 is 0 Å². The standard InChI is InChI=1S/C17H35N3/c1-2-16-15-19-12-11-18-13-14-20(16)17-9-7-5-3-4-6-8-10-17/h16-19H,2-15H2,1H3. The van der Waals surface area contributed by atoms with Crippen LogP contribution >= 0.6 is 0 Å². The molecule has 0 radical (unpaired) electrons. The minimum absolute atomic E-state index is 0.737. The summed E-state index contributed by atoms with van der Waals surface area (Å²) < 4.78 is 0. The number of nitrogens with zero attached hydrogens (tertiary/aromatic N) is 1. The van der Waals surface area contributed by atoms with Crippen LogP contribution in [0.4, 0.5) is 0 Å². The highest BCUT2D eigenvalue weighted by molar-refractivity contribution is 4.82. The van der Waals surface area contributed by atoms with Gasteiger partial charge in [0.1, 0.15) is 0 Å². The molecule has 1 atom stereocenters. The van der Waals surface area contributed by atoms with Crippen LogP contribution < -0.4 is 10.6 Å². The molecule has 0 aromatic heterocycles. The molecule has 1 aliphatic carbocycles. The zero-order chi connectivity index (χ0) is 14.0. The molecule has 2 rings (SSSR count). The van der Waals surface area contributed by atoms with Crippen LogP contribution in [0.3, 0.4) is 0 Å². The summed E-state index contributed by atoms with van der Waals surface area (Å²) in [5, 5.41) is 7.21. The first-order valence-electron chi connectivity index (χ1n) is 9.09. The predicted octanol–water partition coefficient (Wildman–Crippen LogP) is 2.76. The molecule has 0 bridgehead atoms. The van der Waals surface area contributed by atoms with Crippen molar-refractivity contribution in [2.45, 2.75) is 76.8 Å². The molecular formula is C17H35N3. The molecule has 118 valence electrons. The fourth-order valence-corrected chi connectivity index (χ4v) is 3.88. The van der Waals surface area contributed by atoms with Crippen LogP contribution in [0.1, 0.15) is 64.7 Å². The highest BCUT2D eigenvalue weighted by atomic mass is 15.2. The van der Waals surface area contributed by atoms with E-state index in [0.717, 1.165) is 31.7 Å². The van der Waals surface area contributed by atoms with Crippen molar-refractivity contribution < 1.29 is 0 Å². The summed E-state index contributed by atoms with van der Waals surface area (Å²) in [5.74, 6) is 0. The summed E-state index contributed by atoms with van der Waals surface area (Å²) in [7, 11) is 0. The SMILES string of the molecule is CCC1CNCCNCCN1C1CCCCCCCC1. The number of hydrogen-bond acceptors (Lipinski definition) is 3. The van der Waals surface area contributed by atoms with E-state index in [9.17, 15) is 0 Å². The van der Waals surface area contributed by atoms with Gasteiger partial charge in [-0.1, -0.05) is 45.4 Å². The molecule has 0 spiro atoms. The summed E-state index contributed by atoms with van der Waals surface area (Å²) in [6.45, 7) is 8.18. The lowest BCUT2D eigenvalue weighted by Gasteiger charge is -2.38. The lowest BCUT2D eigenvalue weighted by molar-refractivity contribution is 0.115. The second kappa shape index (κ2) is 9.75. The number of hydrogen-bond donors (Lipinski definition) is 2. The smallest absolute Gasteiger partial charge is 0.0221 e. The van der Waals surface area contributed by atoms with Crippen molar-refractivity contribution in [3.8, 4) is 0 Å². The van der Waals surface area contributed by atoms with Crippen LogP contribution in [0.15, 0.2) is 0 Å². The second-order valence-corrected chi connectivity index (χ2v) is 6.61. The van der Waals surface area contributed by atoms with E-state index < -0.39 is 0 Å². The molecule has 0 amide bonds. The maximum absolute atomic E-state index is 3.63. The number of rotatable bonds is 2. The van der Waals surface area contributed by atoms with Crippen LogP contribution in [0, 0.1) is 0 Å². The highest BCUT2D eigenvalue weighted by Crippen LogP contribution is 2.23. The van der Waals surface area contributed by atoms with Gasteiger partial charge >= 0.3 is 0 Å². The van der Waals surface area contributed by atoms with Crippen LogP contribution in [0.5, 0.6) is 0 Å². The molecule has 3 nitrogen and oxygen atoms in total. The number of nitrogens with one attached hydrogen (secondary N) is 2. The maximum atomic E-state index is 3.63. The van der Waals surface area contributed by atoms with E-state index >= 15 is 0 Å². The summed E-state index contributed by atoms with van der Waals surface area (Å²) >= 11 is 0. The van der Waals surface area contributed by atoms with Gasteiger partial charge in [-0.3, -0.25) is 4.90 Å². The second-order valence-electron chi connectivity index (χ2n) is 6.61. The quantitative estimate of drug-likeness (QED) is 0.815. The van der Waals surface area contributed by atoms with E-state index in [2.05, 4.69) is 22.5 Å². The Morgan fingerprint density at radius 1 is 0.850 bits per heavy atom. The minimum atomic E-state index is 0.737. The first-order chi connectivity index (χ1) is 9.92. The summed E-state index contributed by atoms with van der Waals surface area (Å²) in [4.78, 5) is 2.84. The molecule has 3 heteroatoms. The minimum Gasteiger partial charge on any atom is -0.314 e. The summed E-state index contributed by atoms with van der Waals surface area (Å²) in [6, 6.07) is 1.57. The average Bonchev–Trinajstić information content (AvgIpc) is 2.68. The topological polar surface area (TPSA) is 27.3 Å². The normalized spacial score (nSPS) is 29.6. The summed E-state index contributed by atoms with van der Waals surface area (Å²) in [5.41, 5.74) is 0. The van der Waals surface area contributed by atoms with Crippen LogP contribution in [-0.4, -0.2) is 49.7 Å². The third kappa shape index (κ3) is 5.34. The predicted molar refractivity (Wildman–Crippen MR) is 87.2 cm³/mol. The molecule has 2 aliphatic rings. The van der Waals surface area contributed by atoms with E-state index in [0.29, 0.717) is 0 Å². The van der Waals surface area contributed by atoms with E-state index in [-0.39, 0.29) is 0 Å². The molecule has 1 saturated heterocycles. The van der Waals surface area contributed by atoms with Gasteiger partial charge in [0.05, 0.1) is 0 Å². The lowest BCUT2D eigenvalue weighted by Crippen LogP contribution is -2.48. The van der Waals surface area contributed by atoms with Crippen molar-refractivity contribution in [1.29, 1.82) is 0 Å². The summed E-state index contributed by atoms with van der Waals surface area (Å²) in [6.07, 6.45) is 12.9. The Labute approximate surface area is 125 Å². The van der Waals surface area contributed by atoms with Gasteiger partial charge < -0.3 is 10.6 Å². The van der Waals surface area contributed by atoms with Gasteiger partial charge in [0.15, 0.2) is 0 Å². The Morgan fingerprint density at radius 2 is 1.50 bits per heavy atom. The molecule has 2 fully saturated rings. The molecule has 2 N–H and O–H groups in total. The van der Waals surface area contributed by atoms with Gasteiger partial charge in [0, 0.05) is 44.8 Å². The lowest BCUT2D eigenvalue weighted by atomic mass is 10.00. The fraction of sp³-hybridized carbons (Fsp3) is 1.00. The van der Waals surface area contributed by atoms with Crippen molar-refractivity contribution in [3.63, 3.8) is 0 Å². The molecule has 0 aromatic carbocycles. The zero-order valence-corrected chi connectivity index (χ0v) is 13.5. The van der Waals surface area contributed by atoms with Gasteiger partial charge in [-0.05, 0) is 19.3 Å². The Morgan fingerprint density at radius 3 is 2.20 bits per heavy atom. The van der Waals surface area contributed by atoms with Crippen LogP contribution in [0.25, 0.3) is 0 Å². The van der Waals surface area contributed by atoms with E-state index in [1.807, 2.05) is 0 Å². The van der Waals surface area contributed by atoms with Crippen molar-refractivity contribution in [2.24, 2.45) is 0 Å². The highest BCUT2D eigenvalue weighted by Gasteiger charge is 2.25. The van der Waals surface area contributed by atoms with Crippen molar-refractivity contribution in [2.75, 3.05) is 32.7 Å². The molecule has 1 heterocycles. The Hall–Kier alpha value is -0.120. The Balaban J connectivity index is 1.97. The molecule has 1 aliphatic heterocycles. The monoisotopic (exact) mass is 281 g/mol. The third-order valence-electron chi connectivity index (χ3n) is 5.14. The van der Waals surface area contributed by atoms with E-state index in [1.54, 1.807) is 0 Å². The van der Waals surface area contributed by atoms with E-state index in [4.69, 9.17) is 0 Å². The Bertz CT molecular complexity index is 234. The third-order valence-corrected chi connectivity index (χ3v) is 5.14. The van der Waals surface area contributed by atoms with Crippen LogP contribution in [0.2, 0.25) is 0 Å². The molecule has 1 unspecified atom stereocenters. The fourth-order valence-electron chi connectivity index (χ4n) is 3.88. The van der Waals surface area contributed by atoms with E-state index in [1.165, 1.54) is 70.9 Å². The molecule has 0 aromatic rings. The molecular weight excluding hydrogens is 246 g/mol. The van der Waals surface area contributed by atoms with Crippen molar-refractivity contribution in [3.05, 3.63) is 0 Å². The molecule has 20 heavy (non-hydrogen) atoms. The largest absolute Gasteiger partial charge is 0.314 e. The molecule has 1 saturated carbocycles. The zero-order valence-electron chi connectivity index (χ0n) is 13.5. The van der Waals surface area contributed by atoms with Gasteiger partial charge in [0.25, 0.3) is 0 Å². The Kier molecular flexibility index (Phi) is 7.92. The average molecular weight is 281 g/mol. The van der Waals surface area contributed by atoms with Crippen molar-refractivity contribution in [1.82, 2.24) is 15.5 Å². The van der Waals surface area contributed by atoms with Gasteiger partial charge in [-0.2, -0.15) is 0 Å². The van der Waals surface area contributed by atoms with Gasteiger partial charge in [-0.25, -0.2) is 0 Å². The van der Waals surface area contributed by atoms with Gasteiger partial charge in [-0.15, -0.1) is 0 Å². The van der Waals surface area contributed by atoms with Gasteiger partial charge in [0.2, 0.25) is 0 Å². The maximum Gasteiger partial charge on any atom is 0.0221 e. The first-order valence-corrected chi connectivity index (χ1v) is 9.09. The van der Waals surface area contributed by atoms with Crippen LogP contribution in [-0.2, 0) is 0 Å². The first kappa shape index (κ1) is 16.3.